The van der Waals surface area contributed by atoms with E-state index in [1.165, 1.54) is 0 Å². The van der Waals surface area contributed by atoms with Crippen LogP contribution in [0.3, 0.4) is 0 Å². The highest BCUT2D eigenvalue weighted by Gasteiger charge is 2.16. The van der Waals surface area contributed by atoms with Crippen molar-refractivity contribution >= 4 is 16.8 Å². The number of benzene rings is 2. The Balaban J connectivity index is 2.13. The van der Waals surface area contributed by atoms with Crippen LogP contribution in [-0.4, -0.2) is 12.9 Å². The van der Waals surface area contributed by atoms with Gasteiger partial charge in [0.05, 0.1) is 7.11 Å². The van der Waals surface area contributed by atoms with Crippen LogP contribution in [0.5, 0.6) is 5.75 Å². The third-order valence-electron chi connectivity index (χ3n) is 3.50. The molecule has 3 aromatic rings. The first-order chi connectivity index (χ1) is 10.6. The van der Waals surface area contributed by atoms with E-state index in [1.807, 2.05) is 19.1 Å². The van der Waals surface area contributed by atoms with Gasteiger partial charge in [-0.1, -0.05) is 29.8 Å². The highest BCUT2D eigenvalue weighted by Crippen LogP contribution is 2.21. The van der Waals surface area contributed by atoms with Crippen LogP contribution in [0.25, 0.3) is 11.0 Å². The smallest absolute Gasteiger partial charge is 0.347 e. The maximum absolute atomic E-state index is 12.5. The first kappa shape index (κ1) is 14.1. The van der Waals surface area contributed by atoms with Crippen molar-refractivity contribution in [3.63, 3.8) is 0 Å². The molecule has 22 heavy (non-hydrogen) atoms. The molecule has 1 heterocycles. The van der Waals surface area contributed by atoms with E-state index in [0.717, 1.165) is 5.56 Å². The molecule has 2 aromatic carbocycles. The molecule has 0 fully saturated rings. The Bertz CT molecular complexity index is 905. The molecule has 0 bridgehead atoms. The van der Waals surface area contributed by atoms with Gasteiger partial charge in [0, 0.05) is 10.9 Å². The van der Waals surface area contributed by atoms with E-state index in [-0.39, 0.29) is 11.3 Å². The van der Waals surface area contributed by atoms with Crippen molar-refractivity contribution in [1.29, 1.82) is 0 Å². The monoisotopic (exact) mass is 294 g/mol. The molecular formula is C18H14O4. The lowest BCUT2D eigenvalue weighted by atomic mass is 10.0. The maximum atomic E-state index is 12.5. The second-order valence-electron chi connectivity index (χ2n) is 5.05. The van der Waals surface area contributed by atoms with E-state index in [0.29, 0.717) is 22.3 Å². The van der Waals surface area contributed by atoms with Gasteiger partial charge in [-0.15, -0.1) is 0 Å². The van der Waals surface area contributed by atoms with Crippen LogP contribution in [0, 0.1) is 6.92 Å². The molecule has 0 aliphatic carbocycles. The molecule has 0 saturated heterocycles. The quantitative estimate of drug-likeness (QED) is 0.549. The number of hydrogen-bond acceptors (Lipinski definition) is 4. The Labute approximate surface area is 127 Å². The van der Waals surface area contributed by atoms with Crippen molar-refractivity contribution in [2.24, 2.45) is 0 Å². The zero-order chi connectivity index (χ0) is 15.7. The Kier molecular flexibility index (Phi) is 3.51. The third-order valence-corrected chi connectivity index (χ3v) is 3.50. The molecule has 0 aliphatic rings. The highest BCUT2D eigenvalue weighted by molar-refractivity contribution is 6.09. The summed E-state index contributed by atoms with van der Waals surface area (Å²) in [4.78, 5) is 24.5. The number of ketones is 1. The number of ether oxygens (including phenoxy) is 1. The largest absolute Gasteiger partial charge is 0.497 e. The average Bonchev–Trinajstić information content (AvgIpc) is 2.54. The number of aryl methyl sites for hydroxylation is 1. The average molecular weight is 294 g/mol. The summed E-state index contributed by atoms with van der Waals surface area (Å²) >= 11 is 0. The minimum absolute atomic E-state index is 0.0182. The molecule has 0 aliphatic heterocycles. The van der Waals surface area contributed by atoms with Crippen molar-refractivity contribution < 1.29 is 13.9 Å². The van der Waals surface area contributed by atoms with Crippen LogP contribution in [-0.2, 0) is 0 Å². The van der Waals surface area contributed by atoms with E-state index < -0.39 is 5.63 Å². The van der Waals surface area contributed by atoms with Crippen LogP contribution in [0.4, 0.5) is 0 Å². The van der Waals surface area contributed by atoms with Gasteiger partial charge in [0.15, 0.2) is 5.78 Å². The first-order valence-electron chi connectivity index (χ1n) is 6.82. The number of methoxy groups -OCH3 is 1. The number of fused-ring (bicyclic) bond motifs is 1. The number of carbonyl (C=O) groups is 1. The van der Waals surface area contributed by atoms with Crippen molar-refractivity contribution in [2.45, 2.75) is 6.92 Å². The summed E-state index contributed by atoms with van der Waals surface area (Å²) in [5, 5.41) is 0.648. The number of hydrogen-bond donors (Lipinski definition) is 0. The highest BCUT2D eigenvalue weighted by atomic mass is 16.5. The summed E-state index contributed by atoms with van der Waals surface area (Å²) in [7, 11) is 1.55. The Morgan fingerprint density at radius 2 is 1.77 bits per heavy atom. The summed E-state index contributed by atoms with van der Waals surface area (Å²) in [6, 6.07) is 13.7. The molecule has 110 valence electrons. The van der Waals surface area contributed by atoms with E-state index in [4.69, 9.17) is 9.15 Å². The summed E-state index contributed by atoms with van der Waals surface area (Å²) in [6.07, 6.45) is 0. The predicted molar refractivity (Wildman–Crippen MR) is 83.6 cm³/mol. The van der Waals surface area contributed by atoms with Crippen molar-refractivity contribution in [2.75, 3.05) is 7.11 Å². The maximum Gasteiger partial charge on any atom is 0.347 e. The molecule has 0 spiro atoms. The fourth-order valence-corrected chi connectivity index (χ4v) is 2.25. The molecule has 0 amide bonds. The summed E-state index contributed by atoms with van der Waals surface area (Å²) in [5.74, 6) is 0.286. The van der Waals surface area contributed by atoms with Gasteiger partial charge in [0.1, 0.15) is 16.9 Å². The summed E-state index contributed by atoms with van der Waals surface area (Å²) in [6.45, 7) is 1.94. The van der Waals surface area contributed by atoms with Gasteiger partial charge in [0.2, 0.25) is 0 Å². The third kappa shape index (κ3) is 2.51. The van der Waals surface area contributed by atoms with Gasteiger partial charge < -0.3 is 9.15 Å². The van der Waals surface area contributed by atoms with Gasteiger partial charge in [-0.3, -0.25) is 4.79 Å². The summed E-state index contributed by atoms with van der Waals surface area (Å²) < 4.78 is 10.4. The Morgan fingerprint density at radius 1 is 1.05 bits per heavy atom. The molecule has 0 unspecified atom stereocenters. The lowest BCUT2D eigenvalue weighted by Crippen LogP contribution is -2.14. The van der Waals surface area contributed by atoms with Gasteiger partial charge in [0.25, 0.3) is 0 Å². The summed E-state index contributed by atoms with van der Waals surface area (Å²) in [5.41, 5.74) is 1.31. The van der Waals surface area contributed by atoms with Crippen LogP contribution in [0.2, 0.25) is 0 Å². The molecule has 0 N–H and O–H groups in total. The zero-order valence-electron chi connectivity index (χ0n) is 12.3. The van der Waals surface area contributed by atoms with E-state index in [1.54, 1.807) is 43.5 Å². The molecule has 4 nitrogen and oxygen atoms in total. The molecule has 3 rings (SSSR count). The van der Waals surface area contributed by atoms with Crippen LogP contribution >= 0.6 is 0 Å². The molecule has 0 saturated carbocycles. The zero-order valence-corrected chi connectivity index (χ0v) is 12.3. The van der Waals surface area contributed by atoms with E-state index in [2.05, 4.69) is 0 Å². The van der Waals surface area contributed by atoms with E-state index in [9.17, 15) is 9.59 Å². The lowest BCUT2D eigenvalue weighted by molar-refractivity contribution is 0.103. The van der Waals surface area contributed by atoms with Crippen LogP contribution in [0.15, 0.2) is 57.7 Å². The number of rotatable bonds is 3. The molecule has 0 atom stereocenters. The van der Waals surface area contributed by atoms with Crippen molar-refractivity contribution in [1.82, 2.24) is 0 Å². The molecule has 0 radical (unpaired) electrons. The van der Waals surface area contributed by atoms with Crippen molar-refractivity contribution in [3.05, 3.63) is 75.6 Å². The topological polar surface area (TPSA) is 56.5 Å². The fraction of sp³-hybridized carbons (Fsp3) is 0.111. The molecule has 1 aromatic heterocycles. The van der Waals surface area contributed by atoms with E-state index >= 15 is 0 Å². The van der Waals surface area contributed by atoms with Gasteiger partial charge in [-0.25, -0.2) is 4.79 Å². The van der Waals surface area contributed by atoms with Gasteiger partial charge in [-0.2, -0.15) is 0 Å². The van der Waals surface area contributed by atoms with Gasteiger partial charge >= 0.3 is 5.63 Å². The minimum atomic E-state index is -0.636. The SMILES string of the molecule is COc1ccc2oc(=O)c(C(=O)c3ccc(C)cc3)cc2c1. The lowest BCUT2D eigenvalue weighted by Gasteiger charge is -2.04. The molecule has 4 heteroatoms. The fourth-order valence-electron chi connectivity index (χ4n) is 2.25. The van der Waals surface area contributed by atoms with Crippen LogP contribution in [0.1, 0.15) is 21.5 Å². The predicted octanol–water partition coefficient (Wildman–Crippen LogP) is 3.34. The normalized spacial score (nSPS) is 10.6. The first-order valence-corrected chi connectivity index (χ1v) is 6.82. The van der Waals surface area contributed by atoms with Gasteiger partial charge in [-0.05, 0) is 31.2 Å². The van der Waals surface area contributed by atoms with Crippen LogP contribution < -0.4 is 10.4 Å². The second-order valence-corrected chi connectivity index (χ2v) is 5.05. The van der Waals surface area contributed by atoms with Crippen molar-refractivity contribution in [3.8, 4) is 5.75 Å². The molecular weight excluding hydrogens is 280 g/mol. The second kappa shape index (κ2) is 5.48. The minimum Gasteiger partial charge on any atom is -0.497 e. The number of carbonyl (C=O) groups excluding carboxylic acids is 1. The Hall–Kier alpha value is -2.88. The Morgan fingerprint density at radius 3 is 2.45 bits per heavy atom. The standard InChI is InChI=1S/C18H14O4/c1-11-3-5-12(6-4-11)17(19)15-10-13-9-14(21-2)7-8-16(13)22-18(15)20/h3-10H,1-2H3.